The average molecular weight is 668 g/mol. The zero-order valence-corrected chi connectivity index (χ0v) is 25.4. The molecule has 3 aromatic rings. The first-order valence-electron chi connectivity index (χ1n) is 13.2. The third-order valence-electron chi connectivity index (χ3n) is 6.79. The molecule has 4 rings (SSSR count). The van der Waals surface area contributed by atoms with Crippen LogP contribution in [0.5, 0.6) is 0 Å². The van der Waals surface area contributed by atoms with Gasteiger partial charge in [0.25, 0.3) is 0 Å². The molecular weight excluding hydrogens is 640 g/mol. The molecule has 1 aliphatic heterocycles. The maximum atomic E-state index is 13.7. The van der Waals surface area contributed by atoms with Crippen LogP contribution in [0.4, 0.5) is 18.9 Å². The van der Waals surface area contributed by atoms with Crippen molar-refractivity contribution in [2.45, 2.75) is 34.9 Å². The van der Waals surface area contributed by atoms with Crippen molar-refractivity contribution in [1.82, 2.24) is 9.62 Å². The maximum absolute atomic E-state index is 13.7. The van der Waals surface area contributed by atoms with Gasteiger partial charge < -0.3 is 15.3 Å². The highest BCUT2D eigenvalue weighted by Crippen LogP contribution is 2.35. The molecule has 9 nitrogen and oxygen atoms in total. The number of halogens is 3. The highest BCUT2D eigenvalue weighted by molar-refractivity contribution is 7.91. The van der Waals surface area contributed by atoms with Crippen molar-refractivity contribution in [3.63, 3.8) is 0 Å². The summed E-state index contributed by atoms with van der Waals surface area (Å²) in [6.45, 7) is 0.816. The normalized spacial score (nSPS) is 14.9. The Bertz CT molecular complexity index is 1770. The number of nitrogens with one attached hydrogen (secondary N) is 2. The fraction of sp³-hybridized carbons (Fsp3) is 0.241. The van der Waals surface area contributed by atoms with Gasteiger partial charge in [-0.3, -0.25) is 0 Å². The largest absolute Gasteiger partial charge is 0.478 e. The Balaban J connectivity index is 1.38. The number of aromatic carboxylic acids is 1. The number of carboxylic acids is 1. The van der Waals surface area contributed by atoms with Crippen molar-refractivity contribution < 1.29 is 39.9 Å². The second-order valence-electron chi connectivity index (χ2n) is 9.94. The molecule has 0 aliphatic carbocycles. The lowest BCUT2D eigenvalue weighted by Gasteiger charge is -2.34. The molecule has 1 heterocycles. The van der Waals surface area contributed by atoms with Crippen LogP contribution in [0, 0.1) is 0 Å². The molecular formula is C29H28F3N3O6S3. The lowest BCUT2D eigenvalue weighted by Crippen LogP contribution is -2.47. The molecule has 1 fully saturated rings. The molecule has 15 heteroatoms. The molecule has 1 aliphatic rings. The number of hydrogen-bond acceptors (Lipinski definition) is 6. The number of thiocarbonyl (C=S) groups is 1. The first kappa shape index (κ1) is 33.1. The van der Waals surface area contributed by atoms with Gasteiger partial charge in [-0.25, -0.2) is 26.4 Å². The van der Waals surface area contributed by atoms with E-state index in [4.69, 9.17) is 17.3 Å². The molecule has 3 N–H and O–H groups in total. The summed E-state index contributed by atoms with van der Waals surface area (Å²) in [6.07, 6.45) is -1.99. The van der Waals surface area contributed by atoms with Gasteiger partial charge in [0.1, 0.15) is 0 Å². The summed E-state index contributed by atoms with van der Waals surface area (Å²) in [4.78, 5) is 12.6. The van der Waals surface area contributed by atoms with Crippen molar-refractivity contribution in [3.8, 4) is 0 Å². The fourth-order valence-corrected chi connectivity index (χ4v) is 7.38. The SMILES string of the molecule is O=C(O)c1cccc(NC(=S)N2CCC(NS(=O)(=O)CC=Cc3cc(S(=O)(=O)c4ccccc4)ccc3C(F)(F)F)CC2)c1. The molecule has 0 unspecified atom stereocenters. The highest BCUT2D eigenvalue weighted by atomic mass is 32.2. The molecule has 0 radical (unpaired) electrons. The van der Waals surface area contributed by atoms with Crippen LogP contribution in [-0.2, 0) is 26.0 Å². The van der Waals surface area contributed by atoms with Crippen molar-refractivity contribution in [2.24, 2.45) is 0 Å². The summed E-state index contributed by atoms with van der Waals surface area (Å²) in [6, 6.07) is 15.4. The van der Waals surface area contributed by atoms with Crippen molar-refractivity contribution >= 4 is 54.9 Å². The topological polar surface area (TPSA) is 133 Å². The van der Waals surface area contributed by atoms with E-state index < -0.39 is 54.9 Å². The molecule has 3 aromatic carbocycles. The number of benzene rings is 3. The summed E-state index contributed by atoms with van der Waals surface area (Å²) in [5.74, 6) is -1.70. The molecule has 0 saturated carbocycles. The zero-order valence-electron chi connectivity index (χ0n) is 23.0. The Morgan fingerprint density at radius 2 is 1.64 bits per heavy atom. The molecule has 234 valence electrons. The van der Waals surface area contributed by atoms with Gasteiger partial charge in [-0.05, 0) is 79.2 Å². The van der Waals surface area contributed by atoms with E-state index in [1.807, 2.05) is 4.90 Å². The van der Waals surface area contributed by atoms with E-state index in [2.05, 4.69) is 10.0 Å². The number of alkyl halides is 3. The van der Waals surface area contributed by atoms with Gasteiger partial charge in [0.05, 0.1) is 26.7 Å². The number of carbonyl (C=O) groups is 1. The molecule has 0 aromatic heterocycles. The second kappa shape index (κ2) is 13.5. The third-order valence-corrected chi connectivity index (χ3v) is 10.2. The van der Waals surface area contributed by atoms with Crippen LogP contribution in [0.1, 0.15) is 34.3 Å². The van der Waals surface area contributed by atoms with E-state index in [-0.39, 0.29) is 15.4 Å². The summed E-state index contributed by atoms with van der Waals surface area (Å²) in [5.41, 5.74) is -0.980. The van der Waals surface area contributed by atoms with Gasteiger partial charge >= 0.3 is 12.1 Å². The van der Waals surface area contributed by atoms with Crippen molar-refractivity contribution in [1.29, 1.82) is 0 Å². The van der Waals surface area contributed by atoms with Crippen LogP contribution < -0.4 is 10.0 Å². The number of sulfone groups is 1. The molecule has 0 spiro atoms. The fourth-order valence-electron chi connectivity index (χ4n) is 4.58. The number of carboxylic acid groups (broad SMARTS) is 1. The van der Waals surface area contributed by atoms with E-state index in [0.29, 0.717) is 42.8 Å². The van der Waals surface area contributed by atoms with E-state index in [9.17, 15) is 34.8 Å². The second-order valence-corrected chi connectivity index (χ2v) is 14.1. The molecule has 1 saturated heterocycles. The summed E-state index contributed by atoms with van der Waals surface area (Å²) >= 11 is 5.42. The summed E-state index contributed by atoms with van der Waals surface area (Å²) in [5, 5.41) is 12.5. The Labute approximate surface area is 258 Å². The number of rotatable bonds is 9. The number of piperidine rings is 1. The first-order valence-corrected chi connectivity index (χ1v) is 16.8. The van der Waals surface area contributed by atoms with Gasteiger partial charge in [-0.2, -0.15) is 13.2 Å². The first-order chi connectivity index (χ1) is 20.7. The lowest BCUT2D eigenvalue weighted by molar-refractivity contribution is -0.137. The van der Waals surface area contributed by atoms with E-state index >= 15 is 0 Å². The number of nitrogens with zero attached hydrogens (tertiary/aromatic N) is 1. The number of anilines is 1. The summed E-state index contributed by atoms with van der Waals surface area (Å²) in [7, 11) is -8.04. The van der Waals surface area contributed by atoms with Crippen LogP contribution >= 0.6 is 12.2 Å². The lowest BCUT2D eigenvalue weighted by atomic mass is 10.1. The van der Waals surface area contributed by atoms with Crippen LogP contribution in [-0.4, -0.2) is 62.8 Å². The Morgan fingerprint density at radius 1 is 0.955 bits per heavy atom. The zero-order chi connectivity index (χ0) is 32.1. The van der Waals surface area contributed by atoms with Crippen LogP contribution in [0.3, 0.4) is 0 Å². The van der Waals surface area contributed by atoms with E-state index in [0.717, 1.165) is 24.3 Å². The minimum absolute atomic E-state index is 0.0866. The molecule has 44 heavy (non-hydrogen) atoms. The molecule has 0 bridgehead atoms. The van der Waals surface area contributed by atoms with Gasteiger partial charge in [0.2, 0.25) is 19.9 Å². The average Bonchev–Trinajstić information content (AvgIpc) is 2.97. The summed E-state index contributed by atoms with van der Waals surface area (Å²) < 4.78 is 95.0. The van der Waals surface area contributed by atoms with Crippen molar-refractivity contribution in [3.05, 3.63) is 95.6 Å². The Kier molecular flexibility index (Phi) is 10.1. The standard InChI is InChI=1S/C29H28F3N3O6S3/c30-29(31,32)26-12-11-25(44(40,41)24-9-2-1-3-10-24)19-20(26)7-5-17-43(38,39)34-22-13-15-35(16-14-22)28(42)33-23-8-4-6-21(18-23)27(36)37/h1-12,18-19,22,34H,13-17H2,(H,33,42)(H,36,37). The van der Waals surface area contributed by atoms with Gasteiger partial charge in [0.15, 0.2) is 5.11 Å². The van der Waals surface area contributed by atoms with Gasteiger partial charge in [-0.1, -0.05) is 36.4 Å². The number of likely N-dealkylation sites (tertiary alicyclic amines) is 1. The minimum Gasteiger partial charge on any atom is -0.478 e. The predicted molar refractivity (Wildman–Crippen MR) is 164 cm³/mol. The minimum atomic E-state index is -4.80. The third kappa shape index (κ3) is 8.43. The molecule has 0 atom stereocenters. The van der Waals surface area contributed by atoms with Crippen LogP contribution in [0.25, 0.3) is 6.08 Å². The van der Waals surface area contributed by atoms with E-state index in [1.165, 1.54) is 36.4 Å². The number of sulfonamides is 1. The van der Waals surface area contributed by atoms with Gasteiger partial charge in [0, 0.05) is 24.8 Å². The van der Waals surface area contributed by atoms with Crippen LogP contribution in [0.15, 0.2) is 88.7 Å². The van der Waals surface area contributed by atoms with Gasteiger partial charge in [-0.15, -0.1) is 0 Å². The smallest absolute Gasteiger partial charge is 0.416 e. The van der Waals surface area contributed by atoms with Crippen LogP contribution in [0.2, 0.25) is 0 Å². The molecule has 0 amide bonds. The Morgan fingerprint density at radius 3 is 2.27 bits per heavy atom. The Hall–Kier alpha value is -3.79. The maximum Gasteiger partial charge on any atom is 0.416 e. The quantitative estimate of drug-likeness (QED) is 0.269. The van der Waals surface area contributed by atoms with E-state index in [1.54, 1.807) is 18.2 Å². The monoisotopic (exact) mass is 667 g/mol. The van der Waals surface area contributed by atoms with Crippen molar-refractivity contribution in [2.75, 3.05) is 24.2 Å². The predicted octanol–water partition coefficient (Wildman–Crippen LogP) is 5.03. The highest BCUT2D eigenvalue weighted by Gasteiger charge is 2.34. The number of hydrogen-bond donors (Lipinski definition) is 3.